The standard InChI is InChI=1S/C11H17ClN4O2S/c1-16(8-4-5-19(17,18)7-8)6-10-9(12)2-3-11(14-10)15-13/h2-3,8H,4-7,13H2,1H3,(H,14,15). The molecule has 2 rings (SSSR count). The van der Waals surface area contributed by atoms with Gasteiger partial charge in [0.05, 0.1) is 22.2 Å². The Kier molecular flexibility index (Phi) is 4.29. The molecule has 1 aliphatic heterocycles. The summed E-state index contributed by atoms with van der Waals surface area (Å²) in [6, 6.07) is 3.43. The van der Waals surface area contributed by atoms with Crippen LogP contribution in [0.5, 0.6) is 0 Å². The van der Waals surface area contributed by atoms with Crippen LogP contribution in [0.25, 0.3) is 0 Å². The van der Waals surface area contributed by atoms with Gasteiger partial charge in [0.15, 0.2) is 9.84 Å². The van der Waals surface area contributed by atoms with Crippen molar-refractivity contribution >= 4 is 27.3 Å². The third-order valence-corrected chi connectivity index (χ3v) is 5.39. The van der Waals surface area contributed by atoms with Crippen molar-refractivity contribution in [1.29, 1.82) is 0 Å². The zero-order chi connectivity index (χ0) is 14.0. The number of rotatable bonds is 4. The first kappa shape index (κ1) is 14.5. The van der Waals surface area contributed by atoms with Crippen molar-refractivity contribution in [3.05, 3.63) is 22.8 Å². The van der Waals surface area contributed by atoms with Crippen LogP contribution in [-0.2, 0) is 16.4 Å². The van der Waals surface area contributed by atoms with Crippen molar-refractivity contribution < 1.29 is 8.42 Å². The Morgan fingerprint density at radius 1 is 1.58 bits per heavy atom. The number of hydrazine groups is 1. The summed E-state index contributed by atoms with van der Waals surface area (Å²) in [5, 5.41) is 0.548. The molecule has 0 spiro atoms. The number of halogens is 1. The molecular weight excluding hydrogens is 288 g/mol. The predicted octanol–water partition coefficient (Wildman–Crippen LogP) is 0.639. The number of anilines is 1. The minimum absolute atomic E-state index is 0.0253. The lowest BCUT2D eigenvalue weighted by molar-refractivity contribution is 0.251. The number of nitrogens with zero attached hydrogens (tertiary/aromatic N) is 2. The lowest BCUT2D eigenvalue weighted by Crippen LogP contribution is -2.32. The number of sulfone groups is 1. The molecule has 1 atom stereocenters. The van der Waals surface area contributed by atoms with Gasteiger partial charge in [-0.2, -0.15) is 0 Å². The highest BCUT2D eigenvalue weighted by atomic mass is 35.5. The van der Waals surface area contributed by atoms with Gasteiger partial charge in [-0.05, 0) is 25.6 Å². The van der Waals surface area contributed by atoms with Gasteiger partial charge in [0.25, 0.3) is 0 Å². The van der Waals surface area contributed by atoms with Crippen LogP contribution >= 0.6 is 11.6 Å². The van der Waals surface area contributed by atoms with E-state index in [1.54, 1.807) is 12.1 Å². The molecular formula is C11H17ClN4O2S. The van der Waals surface area contributed by atoms with Gasteiger partial charge in [0.1, 0.15) is 5.82 Å². The summed E-state index contributed by atoms with van der Waals surface area (Å²) in [5.41, 5.74) is 3.15. The Bertz CT molecular complexity index is 564. The first-order valence-corrected chi connectivity index (χ1v) is 8.14. The average Bonchev–Trinajstić information content (AvgIpc) is 2.72. The van der Waals surface area contributed by atoms with Gasteiger partial charge in [-0.15, -0.1) is 0 Å². The van der Waals surface area contributed by atoms with Crippen LogP contribution in [0.2, 0.25) is 5.02 Å². The highest BCUT2D eigenvalue weighted by molar-refractivity contribution is 7.91. The summed E-state index contributed by atoms with van der Waals surface area (Å²) in [5.74, 6) is 6.30. The minimum Gasteiger partial charge on any atom is -0.308 e. The monoisotopic (exact) mass is 304 g/mol. The molecule has 6 nitrogen and oxygen atoms in total. The van der Waals surface area contributed by atoms with Crippen molar-refractivity contribution in [3.63, 3.8) is 0 Å². The molecule has 1 aromatic rings. The van der Waals surface area contributed by atoms with E-state index in [0.717, 1.165) is 0 Å². The molecule has 106 valence electrons. The third kappa shape index (κ3) is 3.56. The van der Waals surface area contributed by atoms with Gasteiger partial charge < -0.3 is 5.43 Å². The number of aromatic nitrogens is 1. The molecule has 1 aromatic heterocycles. The molecule has 0 aliphatic carbocycles. The van der Waals surface area contributed by atoms with Crippen LogP contribution in [-0.4, -0.2) is 42.9 Å². The van der Waals surface area contributed by atoms with Crippen LogP contribution in [0.3, 0.4) is 0 Å². The molecule has 0 aromatic carbocycles. The molecule has 1 aliphatic rings. The molecule has 2 heterocycles. The molecule has 0 saturated carbocycles. The summed E-state index contributed by atoms with van der Waals surface area (Å²) >= 11 is 6.08. The summed E-state index contributed by atoms with van der Waals surface area (Å²) in [7, 11) is -1.00. The van der Waals surface area contributed by atoms with Gasteiger partial charge in [-0.1, -0.05) is 11.6 Å². The van der Waals surface area contributed by atoms with Crippen LogP contribution in [0.1, 0.15) is 12.1 Å². The Labute approximate surface area is 117 Å². The first-order chi connectivity index (χ1) is 8.91. The quantitative estimate of drug-likeness (QED) is 0.627. The number of nitrogens with two attached hydrogens (primary N) is 1. The van der Waals surface area contributed by atoms with E-state index in [1.807, 2.05) is 11.9 Å². The van der Waals surface area contributed by atoms with E-state index in [1.165, 1.54) is 0 Å². The largest absolute Gasteiger partial charge is 0.308 e. The highest BCUT2D eigenvalue weighted by Crippen LogP contribution is 2.22. The maximum Gasteiger partial charge on any atom is 0.151 e. The Morgan fingerprint density at radius 3 is 2.89 bits per heavy atom. The topological polar surface area (TPSA) is 88.3 Å². The molecule has 1 unspecified atom stereocenters. The van der Waals surface area contributed by atoms with Crippen molar-refractivity contribution in [2.45, 2.75) is 19.0 Å². The van der Waals surface area contributed by atoms with Gasteiger partial charge in [0.2, 0.25) is 0 Å². The second-order valence-electron chi connectivity index (χ2n) is 4.74. The smallest absolute Gasteiger partial charge is 0.151 e. The van der Waals surface area contributed by atoms with Crippen molar-refractivity contribution in [1.82, 2.24) is 9.88 Å². The highest BCUT2D eigenvalue weighted by Gasteiger charge is 2.30. The minimum atomic E-state index is -2.88. The van der Waals surface area contributed by atoms with E-state index in [9.17, 15) is 8.42 Å². The third-order valence-electron chi connectivity index (χ3n) is 3.30. The molecule has 1 fully saturated rings. The summed E-state index contributed by atoms with van der Waals surface area (Å²) in [6.07, 6.45) is 0.658. The maximum atomic E-state index is 11.5. The van der Waals surface area contributed by atoms with Crippen molar-refractivity contribution in [3.8, 4) is 0 Å². The molecule has 19 heavy (non-hydrogen) atoms. The average molecular weight is 305 g/mol. The molecule has 3 N–H and O–H groups in total. The van der Waals surface area contributed by atoms with E-state index in [2.05, 4.69) is 10.4 Å². The lowest BCUT2D eigenvalue weighted by atomic mass is 10.2. The van der Waals surface area contributed by atoms with E-state index < -0.39 is 9.84 Å². The molecule has 8 heteroatoms. The predicted molar refractivity (Wildman–Crippen MR) is 75.6 cm³/mol. The SMILES string of the molecule is CN(Cc1nc(NN)ccc1Cl)C1CCS(=O)(=O)C1. The fourth-order valence-electron chi connectivity index (χ4n) is 2.16. The summed E-state index contributed by atoms with van der Waals surface area (Å²) < 4.78 is 22.9. The fourth-order valence-corrected chi connectivity index (χ4v) is 4.13. The Hall–Kier alpha value is -0.890. The van der Waals surface area contributed by atoms with Gasteiger partial charge in [0, 0.05) is 12.6 Å². The van der Waals surface area contributed by atoms with E-state index in [-0.39, 0.29) is 17.5 Å². The van der Waals surface area contributed by atoms with Gasteiger partial charge >= 0.3 is 0 Å². The van der Waals surface area contributed by atoms with E-state index >= 15 is 0 Å². The Morgan fingerprint density at radius 2 is 2.32 bits per heavy atom. The van der Waals surface area contributed by atoms with E-state index in [4.69, 9.17) is 17.4 Å². The molecule has 0 amide bonds. The first-order valence-electron chi connectivity index (χ1n) is 5.94. The van der Waals surface area contributed by atoms with Crippen LogP contribution < -0.4 is 11.3 Å². The zero-order valence-corrected chi connectivity index (χ0v) is 12.2. The lowest BCUT2D eigenvalue weighted by Gasteiger charge is -2.23. The second kappa shape index (κ2) is 5.62. The van der Waals surface area contributed by atoms with Crippen LogP contribution in [0, 0.1) is 0 Å². The van der Waals surface area contributed by atoms with Gasteiger partial charge in [-0.3, -0.25) is 4.90 Å². The van der Waals surface area contributed by atoms with Crippen molar-refractivity contribution in [2.75, 3.05) is 24.0 Å². The second-order valence-corrected chi connectivity index (χ2v) is 7.38. The van der Waals surface area contributed by atoms with Gasteiger partial charge in [-0.25, -0.2) is 19.2 Å². The number of hydrogen-bond donors (Lipinski definition) is 2. The Balaban J connectivity index is 2.09. The molecule has 0 bridgehead atoms. The van der Waals surface area contributed by atoms with E-state index in [0.29, 0.717) is 29.5 Å². The molecule has 1 saturated heterocycles. The maximum absolute atomic E-state index is 11.5. The number of pyridine rings is 1. The number of hydrogen-bond acceptors (Lipinski definition) is 6. The van der Waals surface area contributed by atoms with Crippen LogP contribution in [0.15, 0.2) is 12.1 Å². The normalized spacial score (nSPS) is 21.8. The van der Waals surface area contributed by atoms with Crippen molar-refractivity contribution in [2.24, 2.45) is 5.84 Å². The number of nitrogens with one attached hydrogen (secondary N) is 1. The molecule has 0 radical (unpaired) electrons. The fraction of sp³-hybridized carbons (Fsp3) is 0.545. The van der Waals surface area contributed by atoms with Crippen LogP contribution in [0.4, 0.5) is 5.82 Å². The zero-order valence-electron chi connectivity index (χ0n) is 10.6. The number of nitrogen functional groups attached to an aromatic ring is 1. The summed E-state index contributed by atoms with van der Waals surface area (Å²) in [4.78, 5) is 6.25. The summed E-state index contributed by atoms with van der Waals surface area (Å²) in [6.45, 7) is 0.495.